The van der Waals surface area contributed by atoms with Crippen LogP contribution in [0.1, 0.15) is 12.0 Å². The van der Waals surface area contributed by atoms with Crippen LogP contribution in [0.5, 0.6) is 0 Å². The van der Waals surface area contributed by atoms with Crippen molar-refractivity contribution in [3.63, 3.8) is 0 Å². The fourth-order valence-electron chi connectivity index (χ4n) is 3.93. The van der Waals surface area contributed by atoms with E-state index in [1.807, 2.05) is 18.3 Å². The molecule has 0 atom stereocenters. The van der Waals surface area contributed by atoms with E-state index in [4.69, 9.17) is 16.6 Å². The van der Waals surface area contributed by atoms with Crippen molar-refractivity contribution in [1.29, 1.82) is 0 Å². The molecular formula is C24H27ClN4. The molecule has 4 rings (SSSR count). The lowest BCUT2D eigenvalue weighted by Crippen LogP contribution is -2.24. The summed E-state index contributed by atoms with van der Waals surface area (Å²) in [4.78, 5) is 9.29. The van der Waals surface area contributed by atoms with Crippen LogP contribution in [-0.2, 0) is 6.54 Å². The van der Waals surface area contributed by atoms with Gasteiger partial charge < -0.3 is 14.4 Å². The van der Waals surface area contributed by atoms with E-state index >= 15 is 0 Å². The van der Waals surface area contributed by atoms with Crippen LogP contribution in [0.4, 0.5) is 5.82 Å². The molecule has 2 aromatic carbocycles. The van der Waals surface area contributed by atoms with E-state index in [-0.39, 0.29) is 0 Å². The Morgan fingerprint density at radius 3 is 2.41 bits per heavy atom. The monoisotopic (exact) mass is 406 g/mol. The fourth-order valence-corrected chi connectivity index (χ4v) is 4.06. The first kappa shape index (κ1) is 19.7. The van der Waals surface area contributed by atoms with E-state index in [9.17, 15) is 0 Å². The fraction of sp³-hybridized carbons (Fsp3) is 0.292. The minimum atomic E-state index is 0.763. The van der Waals surface area contributed by atoms with Crippen molar-refractivity contribution in [2.24, 2.45) is 0 Å². The molecule has 0 aliphatic carbocycles. The van der Waals surface area contributed by atoms with E-state index < -0.39 is 0 Å². The Morgan fingerprint density at radius 2 is 1.66 bits per heavy atom. The molecule has 0 fully saturated rings. The van der Waals surface area contributed by atoms with Gasteiger partial charge >= 0.3 is 0 Å². The van der Waals surface area contributed by atoms with Gasteiger partial charge in [-0.05, 0) is 56.9 Å². The Hall–Kier alpha value is -2.56. The Balaban J connectivity index is 1.82. The number of rotatable bonds is 7. The van der Waals surface area contributed by atoms with E-state index in [2.05, 4.69) is 78.0 Å². The molecule has 4 nitrogen and oxygen atoms in total. The van der Waals surface area contributed by atoms with Gasteiger partial charge in [0, 0.05) is 47.6 Å². The van der Waals surface area contributed by atoms with E-state index in [1.165, 1.54) is 27.4 Å². The third kappa shape index (κ3) is 4.09. The third-order valence-electron chi connectivity index (χ3n) is 5.37. The van der Waals surface area contributed by atoms with Crippen LogP contribution < -0.4 is 4.90 Å². The Bertz CT molecular complexity index is 1120. The number of halogens is 1. The molecule has 0 aliphatic rings. The maximum Gasteiger partial charge on any atom is 0.152 e. The molecule has 0 N–H and O–H groups in total. The highest BCUT2D eigenvalue weighted by molar-refractivity contribution is 6.30. The second-order valence-corrected chi connectivity index (χ2v) is 8.28. The van der Waals surface area contributed by atoms with E-state index in [0.717, 1.165) is 36.9 Å². The number of para-hydroxylation sites is 1. The van der Waals surface area contributed by atoms with Crippen LogP contribution in [0.3, 0.4) is 0 Å². The van der Waals surface area contributed by atoms with Crippen molar-refractivity contribution >= 4 is 39.2 Å². The second kappa shape index (κ2) is 8.44. The summed E-state index contributed by atoms with van der Waals surface area (Å²) in [6.07, 6.45) is 3.03. The first-order valence-corrected chi connectivity index (χ1v) is 10.4. The zero-order chi connectivity index (χ0) is 20.4. The molecule has 0 saturated carbocycles. The SMILES string of the molecule is CN(C)CCCN(C)c1nccc2c3ccccc3n(Cc3ccc(Cl)cc3)c12. The molecule has 29 heavy (non-hydrogen) atoms. The number of fused-ring (bicyclic) bond motifs is 3. The van der Waals surface area contributed by atoms with Gasteiger partial charge in [0.15, 0.2) is 5.82 Å². The number of anilines is 1. The van der Waals surface area contributed by atoms with Crippen molar-refractivity contribution in [1.82, 2.24) is 14.5 Å². The van der Waals surface area contributed by atoms with Crippen LogP contribution in [0, 0.1) is 0 Å². The number of aromatic nitrogens is 2. The summed E-state index contributed by atoms with van der Waals surface area (Å²) in [7, 11) is 6.37. The predicted molar refractivity (Wildman–Crippen MR) is 124 cm³/mol. The Morgan fingerprint density at radius 1 is 0.897 bits per heavy atom. The minimum Gasteiger partial charge on any atom is -0.358 e. The third-order valence-corrected chi connectivity index (χ3v) is 5.63. The van der Waals surface area contributed by atoms with Crippen molar-refractivity contribution in [2.75, 3.05) is 39.1 Å². The summed E-state index contributed by atoms with van der Waals surface area (Å²) in [5.74, 6) is 1.03. The number of pyridine rings is 1. The predicted octanol–water partition coefficient (Wildman–Crippen LogP) is 5.28. The topological polar surface area (TPSA) is 24.3 Å². The van der Waals surface area contributed by atoms with Crippen LogP contribution in [0.2, 0.25) is 5.02 Å². The smallest absolute Gasteiger partial charge is 0.152 e. The van der Waals surface area contributed by atoms with E-state index in [1.54, 1.807) is 0 Å². The van der Waals surface area contributed by atoms with Crippen molar-refractivity contribution in [3.8, 4) is 0 Å². The average molecular weight is 407 g/mol. The summed E-state index contributed by atoms with van der Waals surface area (Å²) in [6, 6.07) is 18.8. The maximum atomic E-state index is 6.09. The van der Waals surface area contributed by atoms with Crippen LogP contribution in [0.25, 0.3) is 21.8 Å². The van der Waals surface area contributed by atoms with Gasteiger partial charge in [0.05, 0.1) is 5.52 Å². The van der Waals surface area contributed by atoms with Gasteiger partial charge in [-0.2, -0.15) is 0 Å². The van der Waals surface area contributed by atoms with Crippen molar-refractivity contribution in [2.45, 2.75) is 13.0 Å². The highest BCUT2D eigenvalue weighted by Gasteiger charge is 2.17. The average Bonchev–Trinajstić information content (AvgIpc) is 3.03. The summed E-state index contributed by atoms with van der Waals surface area (Å²) in [6.45, 7) is 2.81. The van der Waals surface area contributed by atoms with Gasteiger partial charge in [-0.15, -0.1) is 0 Å². The van der Waals surface area contributed by atoms with Gasteiger partial charge in [-0.1, -0.05) is 41.9 Å². The molecule has 0 spiro atoms. The molecule has 0 radical (unpaired) electrons. The van der Waals surface area contributed by atoms with Gasteiger partial charge in [-0.25, -0.2) is 4.98 Å². The first-order chi connectivity index (χ1) is 14.0. The lowest BCUT2D eigenvalue weighted by Gasteiger charge is -2.21. The van der Waals surface area contributed by atoms with Gasteiger partial charge in [0.2, 0.25) is 0 Å². The van der Waals surface area contributed by atoms with Gasteiger partial charge in [0.1, 0.15) is 0 Å². The molecule has 0 saturated heterocycles. The van der Waals surface area contributed by atoms with Gasteiger partial charge in [-0.3, -0.25) is 0 Å². The summed E-state index contributed by atoms with van der Waals surface area (Å²) >= 11 is 6.09. The molecule has 4 aromatic rings. The highest BCUT2D eigenvalue weighted by atomic mass is 35.5. The number of hydrogen-bond donors (Lipinski definition) is 0. The molecule has 2 heterocycles. The van der Waals surface area contributed by atoms with Crippen molar-refractivity contribution in [3.05, 3.63) is 71.4 Å². The maximum absolute atomic E-state index is 6.09. The highest BCUT2D eigenvalue weighted by Crippen LogP contribution is 2.34. The molecule has 0 amide bonds. The molecule has 0 aliphatic heterocycles. The molecular weight excluding hydrogens is 380 g/mol. The number of nitrogens with zero attached hydrogens (tertiary/aromatic N) is 4. The lowest BCUT2D eigenvalue weighted by molar-refractivity contribution is 0.401. The van der Waals surface area contributed by atoms with Crippen molar-refractivity contribution < 1.29 is 0 Å². The normalized spacial score (nSPS) is 11.6. The number of hydrogen-bond acceptors (Lipinski definition) is 3. The largest absolute Gasteiger partial charge is 0.358 e. The van der Waals surface area contributed by atoms with Crippen LogP contribution in [-0.4, -0.2) is 48.7 Å². The number of benzene rings is 2. The summed E-state index contributed by atoms with van der Waals surface area (Å²) in [5.41, 5.74) is 3.64. The zero-order valence-electron chi connectivity index (χ0n) is 17.3. The molecule has 2 aromatic heterocycles. The summed E-state index contributed by atoms with van der Waals surface area (Å²) < 4.78 is 2.39. The first-order valence-electron chi connectivity index (χ1n) is 10.0. The molecule has 0 bridgehead atoms. The van der Waals surface area contributed by atoms with E-state index in [0.29, 0.717) is 0 Å². The molecule has 0 unspecified atom stereocenters. The second-order valence-electron chi connectivity index (χ2n) is 7.84. The lowest BCUT2D eigenvalue weighted by atomic mass is 10.2. The molecule has 150 valence electrons. The quantitative estimate of drug-likeness (QED) is 0.417. The Labute approximate surface area is 177 Å². The zero-order valence-corrected chi connectivity index (χ0v) is 18.0. The van der Waals surface area contributed by atoms with Crippen LogP contribution in [0.15, 0.2) is 60.8 Å². The summed E-state index contributed by atoms with van der Waals surface area (Å²) in [5, 5.41) is 3.28. The Kier molecular flexibility index (Phi) is 5.74. The van der Waals surface area contributed by atoms with Gasteiger partial charge in [0.25, 0.3) is 0 Å². The standard InChI is InChI=1S/C24H27ClN4/c1-27(2)15-6-16-28(3)24-23-21(13-14-26-24)20-7-4-5-8-22(20)29(23)17-18-9-11-19(25)12-10-18/h4-5,7-14H,6,15-17H2,1-3H3. The molecule has 5 heteroatoms. The van der Waals surface area contributed by atoms with Crippen LogP contribution >= 0.6 is 11.6 Å². The minimum absolute atomic E-state index is 0.763.